The summed E-state index contributed by atoms with van der Waals surface area (Å²) in [6.45, 7) is 11.2. The average molecular weight is 527 g/mol. The van der Waals surface area contributed by atoms with Gasteiger partial charge in [-0.15, -0.1) is 24.0 Å². The van der Waals surface area contributed by atoms with E-state index in [1.165, 1.54) is 31.5 Å². The van der Waals surface area contributed by atoms with Gasteiger partial charge in [-0.1, -0.05) is 30.3 Å². The molecule has 0 amide bonds. The molecule has 30 heavy (non-hydrogen) atoms. The van der Waals surface area contributed by atoms with Gasteiger partial charge in [-0.3, -0.25) is 9.89 Å². The van der Waals surface area contributed by atoms with Gasteiger partial charge in [0, 0.05) is 39.3 Å². The fraction of sp³-hybridized carbons (Fsp3) is 0.696. The number of halogens is 1. The van der Waals surface area contributed by atoms with Crippen LogP contribution in [0.3, 0.4) is 0 Å². The number of morpholine rings is 1. The Morgan fingerprint density at radius 3 is 2.63 bits per heavy atom. The summed E-state index contributed by atoms with van der Waals surface area (Å²) >= 11 is 0. The van der Waals surface area contributed by atoms with E-state index in [1.807, 2.05) is 0 Å². The molecule has 1 N–H and O–H groups in total. The summed E-state index contributed by atoms with van der Waals surface area (Å²) in [6.07, 6.45) is 2.80. The Balaban J connectivity index is 0.00000256. The SMILES string of the molecule is CCNC(=NCC1CCN(C)CC1)N1CC2OCCN(Cc3ccccc3)C2C1.I. The summed E-state index contributed by atoms with van der Waals surface area (Å²) < 4.78 is 6.16. The molecule has 0 saturated carbocycles. The molecule has 0 spiro atoms. The van der Waals surface area contributed by atoms with E-state index in [1.54, 1.807) is 0 Å². The number of guanidine groups is 1. The van der Waals surface area contributed by atoms with Crippen molar-refractivity contribution in [3.63, 3.8) is 0 Å². The third-order valence-electron chi connectivity index (χ3n) is 6.62. The van der Waals surface area contributed by atoms with Crippen LogP contribution in [-0.2, 0) is 11.3 Å². The average Bonchev–Trinajstić information content (AvgIpc) is 3.18. The number of benzene rings is 1. The van der Waals surface area contributed by atoms with E-state index >= 15 is 0 Å². The minimum atomic E-state index is 0. The quantitative estimate of drug-likeness (QED) is 0.362. The van der Waals surface area contributed by atoms with E-state index in [-0.39, 0.29) is 30.1 Å². The number of aliphatic imine (C=N–C) groups is 1. The monoisotopic (exact) mass is 527 g/mol. The van der Waals surface area contributed by atoms with Crippen molar-refractivity contribution in [2.24, 2.45) is 10.9 Å². The van der Waals surface area contributed by atoms with Crippen molar-refractivity contribution in [2.45, 2.75) is 38.5 Å². The first-order valence-electron chi connectivity index (χ1n) is 11.3. The van der Waals surface area contributed by atoms with Crippen molar-refractivity contribution in [3.8, 4) is 0 Å². The van der Waals surface area contributed by atoms with Gasteiger partial charge in [0.2, 0.25) is 0 Å². The number of piperidine rings is 1. The van der Waals surface area contributed by atoms with Crippen LogP contribution in [0.5, 0.6) is 0 Å². The lowest BCUT2D eigenvalue weighted by Crippen LogP contribution is -2.50. The molecule has 1 aromatic carbocycles. The molecule has 168 valence electrons. The van der Waals surface area contributed by atoms with Crippen LogP contribution in [0.2, 0.25) is 0 Å². The van der Waals surface area contributed by atoms with Gasteiger partial charge in [-0.2, -0.15) is 0 Å². The molecule has 1 aromatic rings. The number of rotatable bonds is 5. The summed E-state index contributed by atoms with van der Waals surface area (Å²) in [5.74, 6) is 1.79. The minimum absolute atomic E-state index is 0. The Morgan fingerprint density at radius 2 is 1.90 bits per heavy atom. The third kappa shape index (κ3) is 6.08. The molecule has 6 nitrogen and oxygen atoms in total. The molecule has 0 aliphatic carbocycles. The summed E-state index contributed by atoms with van der Waals surface area (Å²) in [5.41, 5.74) is 1.38. The van der Waals surface area contributed by atoms with Crippen molar-refractivity contribution in [1.82, 2.24) is 20.0 Å². The van der Waals surface area contributed by atoms with Crippen LogP contribution in [0.25, 0.3) is 0 Å². The predicted octanol–water partition coefficient (Wildman–Crippen LogP) is 2.50. The molecule has 0 radical (unpaired) electrons. The fourth-order valence-electron chi connectivity index (χ4n) is 4.83. The molecule has 0 bridgehead atoms. The van der Waals surface area contributed by atoms with Crippen molar-refractivity contribution in [1.29, 1.82) is 0 Å². The van der Waals surface area contributed by atoms with Gasteiger partial charge >= 0.3 is 0 Å². The van der Waals surface area contributed by atoms with Gasteiger partial charge in [0.1, 0.15) is 0 Å². The summed E-state index contributed by atoms with van der Waals surface area (Å²) in [5, 5.41) is 3.54. The predicted molar refractivity (Wildman–Crippen MR) is 134 cm³/mol. The number of hydrogen-bond acceptors (Lipinski definition) is 4. The highest BCUT2D eigenvalue weighted by Crippen LogP contribution is 2.25. The van der Waals surface area contributed by atoms with Crippen molar-refractivity contribution in [2.75, 3.05) is 59.5 Å². The zero-order chi connectivity index (χ0) is 20.1. The first-order chi connectivity index (χ1) is 14.2. The van der Waals surface area contributed by atoms with Crippen molar-refractivity contribution >= 4 is 29.9 Å². The Bertz CT molecular complexity index is 665. The zero-order valence-corrected chi connectivity index (χ0v) is 20.8. The molecule has 2 unspecified atom stereocenters. The lowest BCUT2D eigenvalue weighted by atomic mass is 9.97. The first kappa shape index (κ1) is 23.8. The fourth-order valence-corrected chi connectivity index (χ4v) is 4.83. The number of ether oxygens (including phenoxy) is 1. The van der Waals surface area contributed by atoms with E-state index < -0.39 is 0 Å². The Hall–Kier alpha value is -0.900. The molecule has 3 fully saturated rings. The Morgan fingerprint density at radius 1 is 1.13 bits per heavy atom. The van der Waals surface area contributed by atoms with Gasteiger partial charge in [0.25, 0.3) is 0 Å². The van der Waals surface area contributed by atoms with Crippen molar-refractivity contribution < 1.29 is 4.74 Å². The van der Waals surface area contributed by atoms with Crippen LogP contribution < -0.4 is 5.32 Å². The van der Waals surface area contributed by atoms with Crippen LogP contribution >= 0.6 is 24.0 Å². The van der Waals surface area contributed by atoms with Crippen LogP contribution in [0.15, 0.2) is 35.3 Å². The van der Waals surface area contributed by atoms with Crippen molar-refractivity contribution in [3.05, 3.63) is 35.9 Å². The molecule has 3 heterocycles. The molecule has 2 atom stereocenters. The third-order valence-corrected chi connectivity index (χ3v) is 6.62. The smallest absolute Gasteiger partial charge is 0.194 e. The van der Waals surface area contributed by atoms with Gasteiger partial charge in [-0.05, 0) is 51.4 Å². The van der Waals surface area contributed by atoms with Gasteiger partial charge < -0.3 is 19.9 Å². The molecular weight excluding hydrogens is 489 g/mol. The van der Waals surface area contributed by atoms with E-state index in [4.69, 9.17) is 9.73 Å². The molecule has 3 saturated heterocycles. The number of hydrogen-bond donors (Lipinski definition) is 1. The van der Waals surface area contributed by atoms with Crippen LogP contribution in [-0.4, -0.2) is 92.3 Å². The summed E-state index contributed by atoms with van der Waals surface area (Å²) in [6, 6.07) is 11.2. The maximum atomic E-state index is 6.16. The van der Waals surface area contributed by atoms with Gasteiger partial charge in [0.15, 0.2) is 5.96 Å². The standard InChI is InChI=1S/C23H37N5O.HI/c1-3-24-23(25-15-19-9-11-26(2)12-10-19)28-17-21-22(18-28)29-14-13-27(21)16-20-7-5-4-6-8-20;/h4-8,19,21-22H,3,9-18H2,1-2H3,(H,24,25);1H. The molecule has 3 aliphatic heterocycles. The Labute approximate surface area is 199 Å². The molecular formula is C23H38IN5O. The normalized spacial score (nSPS) is 26.3. The highest BCUT2D eigenvalue weighted by Gasteiger charge is 2.41. The number of nitrogens with one attached hydrogen (secondary N) is 1. The van der Waals surface area contributed by atoms with Gasteiger partial charge in [0.05, 0.1) is 18.8 Å². The highest BCUT2D eigenvalue weighted by molar-refractivity contribution is 14.0. The van der Waals surface area contributed by atoms with E-state index in [0.717, 1.165) is 57.8 Å². The second-order valence-corrected chi connectivity index (χ2v) is 8.78. The number of nitrogens with zero attached hydrogens (tertiary/aromatic N) is 4. The largest absolute Gasteiger partial charge is 0.373 e. The minimum Gasteiger partial charge on any atom is -0.373 e. The first-order valence-corrected chi connectivity index (χ1v) is 11.3. The van der Waals surface area contributed by atoms with E-state index in [9.17, 15) is 0 Å². The zero-order valence-electron chi connectivity index (χ0n) is 18.5. The highest BCUT2D eigenvalue weighted by atomic mass is 127. The molecule has 7 heteroatoms. The lowest BCUT2D eigenvalue weighted by Gasteiger charge is -2.36. The second kappa shape index (κ2) is 11.6. The van der Waals surface area contributed by atoms with Gasteiger partial charge in [-0.25, -0.2) is 0 Å². The molecule has 3 aliphatic rings. The van der Waals surface area contributed by atoms with Crippen LogP contribution in [0.4, 0.5) is 0 Å². The maximum absolute atomic E-state index is 6.16. The van der Waals surface area contributed by atoms with E-state index in [0.29, 0.717) is 6.04 Å². The van der Waals surface area contributed by atoms with Crippen LogP contribution in [0.1, 0.15) is 25.3 Å². The second-order valence-electron chi connectivity index (χ2n) is 8.78. The lowest BCUT2D eigenvalue weighted by molar-refractivity contribution is -0.0502. The Kier molecular flexibility index (Phi) is 9.22. The summed E-state index contributed by atoms with van der Waals surface area (Å²) in [4.78, 5) is 12.5. The molecule has 0 aromatic heterocycles. The number of fused-ring (bicyclic) bond motifs is 1. The van der Waals surface area contributed by atoms with Crippen LogP contribution in [0, 0.1) is 5.92 Å². The maximum Gasteiger partial charge on any atom is 0.194 e. The number of likely N-dealkylation sites (tertiary alicyclic amines) is 2. The van der Waals surface area contributed by atoms with E-state index in [2.05, 4.69) is 64.3 Å². The topological polar surface area (TPSA) is 43.3 Å². The molecule has 4 rings (SSSR count). The summed E-state index contributed by atoms with van der Waals surface area (Å²) in [7, 11) is 2.22.